The summed E-state index contributed by atoms with van der Waals surface area (Å²) in [7, 11) is 0. The molecule has 0 amide bonds. The van der Waals surface area contributed by atoms with Gasteiger partial charge in [-0.2, -0.15) is 0 Å². The Labute approximate surface area is 124 Å². The number of halogens is 1. The fourth-order valence-corrected chi connectivity index (χ4v) is 2.09. The van der Waals surface area contributed by atoms with Crippen LogP contribution in [0.1, 0.15) is 0 Å². The molecule has 5 nitrogen and oxygen atoms in total. The lowest BCUT2D eigenvalue weighted by Gasteiger charge is -2.02. The van der Waals surface area contributed by atoms with E-state index in [-0.39, 0.29) is 0 Å². The number of aliphatic carboxylic acids is 1. The highest BCUT2D eigenvalue weighted by Crippen LogP contribution is 2.30. The van der Waals surface area contributed by atoms with E-state index < -0.39 is 12.6 Å². The summed E-state index contributed by atoms with van der Waals surface area (Å²) in [5.74, 6) is -0.613. The van der Waals surface area contributed by atoms with E-state index in [0.29, 0.717) is 22.0 Å². The van der Waals surface area contributed by atoms with Gasteiger partial charge in [-0.25, -0.2) is 4.79 Å². The summed E-state index contributed by atoms with van der Waals surface area (Å²) in [6, 6.07) is 12.4. The van der Waals surface area contributed by atoms with Gasteiger partial charge in [-0.15, -0.1) is 0 Å². The first-order valence-electron chi connectivity index (χ1n) is 6.13. The van der Waals surface area contributed by atoms with Gasteiger partial charge in [0.25, 0.3) is 0 Å². The Morgan fingerprint density at radius 2 is 2.00 bits per heavy atom. The van der Waals surface area contributed by atoms with Crippen LogP contribution < -0.4 is 4.74 Å². The molecule has 0 aliphatic heterocycles. The molecule has 0 bridgehead atoms. The molecule has 3 rings (SSSR count). The van der Waals surface area contributed by atoms with Crippen molar-refractivity contribution in [3.8, 4) is 17.0 Å². The van der Waals surface area contributed by atoms with Crippen LogP contribution in [0.2, 0.25) is 5.02 Å². The van der Waals surface area contributed by atoms with Crippen molar-refractivity contribution in [3.63, 3.8) is 0 Å². The highest BCUT2D eigenvalue weighted by Gasteiger charge is 2.11. The summed E-state index contributed by atoms with van der Waals surface area (Å²) < 4.78 is 10.4. The second kappa shape index (κ2) is 5.46. The van der Waals surface area contributed by atoms with E-state index in [1.54, 1.807) is 30.3 Å². The Balaban J connectivity index is 1.95. The molecule has 0 unspecified atom stereocenters. The molecule has 0 fully saturated rings. The number of benzene rings is 2. The van der Waals surface area contributed by atoms with Crippen LogP contribution in [0.15, 0.2) is 47.0 Å². The number of carboxylic acids is 1. The van der Waals surface area contributed by atoms with Crippen LogP contribution in [0.4, 0.5) is 0 Å². The molecular formula is C15H10ClNO4. The third-order valence-electron chi connectivity index (χ3n) is 2.92. The molecule has 2 aromatic carbocycles. The lowest BCUT2D eigenvalue weighted by molar-refractivity contribution is -0.139. The monoisotopic (exact) mass is 303 g/mol. The van der Waals surface area contributed by atoms with Gasteiger partial charge in [-0.3, -0.25) is 0 Å². The first-order chi connectivity index (χ1) is 10.1. The number of rotatable bonds is 4. The molecule has 21 heavy (non-hydrogen) atoms. The van der Waals surface area contributed by atoms with Crippen LogP contribution >= 0.6 is 11.6 Å². The average molecular weight is 304 g/mol. The zero-order chi connectivity index (χ0) is 14.8. The summed E-state index contributed by atoms with van der Waals surface area (Å²) in [5, 5.41) is 14.1. The van der Waals surface area contributed by atoms with Crippen molar-refractivity contribution >= 4 is 28.5 Å². The minimum Gasteiger partial charge on any atom is -0.482 e. The Kier molecular flexibility index (Phi) is 3.50. The van der Waals surface area contributed by atoms with Crippen molar-refractivity contribution in [1.82, 2.24) is 5.16 Å². The Morgan fingerprint density at radius 3 is 2.71 bits per heavy atom. The molecule has 0 saturated heterocycles. The molecule has 0 atom stereocenters. The fourth-order valence-electron chi connectivity index (χ4n) is 1.97. The standard InChI is InChI=1S/C15H10ClNO4/c16-10-3-1-9(2-4-10)15-12-6-5-11(20-8-14(18)19)7-13(12)21-17-15/h1-7H,8H2,(H,18,19). The molecule has 0 radical (unpaired) electrons. The Bertz CT molecular complexity index is 795. The van der Waals surface area contributed by atoms with Gasteiger partial charge in [-0.05, 0) is 24.3 Å². The number of hydrogen-bond donors (Lipinski definition) is 1. The topological polar surface area (TPSA) is 72.6 Å². The van der Waals surface area contributed by atoms with Crippen LogP contribution in [0, 0.1) is 0 Å². The number of carbonyl (C=O) groups is 1. The van der Waals surface area contributed by atoms with E-state index in [0.717, 1.165) is 10.9 Å². The van der Waals surface area contributed by atoms with Crippen LogP contribution in [0.5, 0.6) is 5.75 Å². The highest BCUT2D eigenvalue weighted by molar-refractivity contribution is 6.30. The van der Waals surface area contributed by atoms with Gasteiger partial charge in [0, 0.05) is 22.0 Å². The van der Waals surface area contributed by atoms with E-state index >= 15 is 0 Å². The van der Waals surface area contributed by atoms with E-state index in [9.17, 15) is 4.79 Å². The molecule has 6 heteroatoms. The molecule has 0 saturated carbocycles. The summed E-state index contributed by atoms with van der Waals surface area (Å²) in [6.07, 6.45) is 0. The molecule has 0 aliphatic rings. The van der Waals surface area contributed by atoms with Crippen molar-refractivity contribution in [2.75, 3.05) is 6.61 Å². The van der Waals surface area contributed by atoms with Gasteiger partial charge in [0.1, 0.15) is 11.4 Å². The molecule has 3 aromatic rings. The molecule has 1 N–H and O–H groups in total. The van der Waals surface area contributed by atoms with Crippen molar-refractivity contribution < 1.29 is 19.2 Å². The first kappa shape index (κ1) is 13.5. The minimum atomic E-state index is -1.03. The first-order valence-corrected chi connectivity index (χ1v) is 6.51. The van der Waals surface area contributed by atoms with E-state index in [2.05, 4.69) is 5.16 Å². The zero-order valence-corrected chi connectivity index (χ0v) is 11.5. The lowest BCUT2D eigenvalue weighted by atomic mass is 10.1. The molecule has 0 aliphatic carbocycles. The maximum atomic E-state index is 10.5. The number of hydrogen-bond acceptors (Lipinski definition) is 4. The molecule has 1 aromatic heterocycles. The van der Waals surface area contributed by atoms with E-state index in [1.165, 1.54) is 0 Å². The number of carboxylic acid groups (broad SMARTS) is 1. The third-order valence-corrected chi connectivity index (χ3v) is 3.18. The van der Waals surface area contributed by atoms with Crippen LogP contribution in [0.25, 0.3) is 22.2 Å². The van der Waals surface area contributed by atoms with Gasteiger partial charge < -0.3 is 14.4 Å². The summed E-state index contributed by atoms with van der Waals surface area (Å²) in [4.78, 5) is 10.5. The third kappa shape index (κ3) is 2.83. The highest BCUT2D eigenvalue weighted by atomic mass is 35.5. The second-order valence-corrected chi connectivity index (χ2v) is 4.81. The van der Waals surface area contributed by atoms with Crippen LogP contribution in [-0.4, -0.2) is 22.8 Å². The van der Waals surface area contributed by atoms with Gasteiger partial charge in [0.05, 0.1) is 0 Å². The maximum absolute atomic E-state index is 10.5. The van der Waals surface area contributed by atoms with Gasteiger partial charge in [0.15, 0.2) is 12.2 Å². The second-order valence-electron chi connectivity index (χ2n) is 4.38. The molecule has 106 valence electrons. The number of ether oxygens (including phenoxy) is 1. The maximum Gasteiger partial charge on any atom is 0.341 e. The van der Waals surface area contributed by atoms with Crippen molar-refractivity contribution in [2.24, 2.45) is 0 Å². The van der Waals surface area contributed by atoms with Crippen molar-refractivity contribution in [2.45, 2.75) is 0 Å². The lowest BCUT2D eigenvalue weighted by Crippen LogP contribution is -2.09. The predicted molar refractivity (Wildman–Crippen MR) is 77.6 cm³/mol. The molecule has 1 heterocycles. The summed E-state index contributed by atoms with van der Waals surface area (Å²) in [5.41, 5.74) is 2.12. The fraction of sp³-hybridized carbons (Fsp3) is 0.0667. The smallest absolute Gasteiger partial charge is 0.341 e. The average Bonchev–Trinajstić information content (AvgIpc) is 2.89. The van der Waals surface area contributed by atoms with Crippen molar-refractivity contribution in [3.05, 3.63) is 47.5 Å². The number of nitrogens with zero attached hydrogens (tertiary/aromatic N) is 1. The largest absolute Gasteiger partial charge is 0.482 e. The zero-order valence-electron chi connectivity index (χ0n) is 10.7. The molecular weight excluding hydrogens is 294 g/mol. The van der Waals surface area contributed by atoms with Gasteiger partial charge >= 0.3 is 5.97 Å². The summed E-state index contributed by atoms with van der Waals surface area (Å²) >= 11 is 5.86. The normalized spacial score (nSPS) is 10.7. The minimum absolute atomic E-state index is 0.399. The number of aromatic nitrogens is 1. The van der Waals surface area contributed by atoms with Gasteiger partial charge in [0.2, 0.25) is 0 Å². The van der Waals surface area contributed by atoms with Crippen molar-refractivity contribution in [1.29, 1.82) is 0 Å². The number of fused-ring (bicyclic) bond motifs is 1. The summed E-state index contributed by atoms with van der Waals surface area (Å²) in [6.45, 7) is -0.399. The molecule has 0 spiro atoms. The Morgan fingerprint density at radius 1 is 1.24 bits per heavy atom. The van der Waals surface area contributed by atoms with E-state index in [4.69, 9.17) is 26.0 Å². The van der Waals surface area contributed by atoms with Crippen LogP contribution in [0.3, 0.4) is 0 Å². The Hall–Kier alpha value is -2.53. The quantitative estimate of drug-likeness (QED) is 0.797. The SMILES string of the molecule is O=C(O)COc1ccc2c(-c3ccc(Cl)cc3)noc2c1. The van der Waals surface area contributed by atoms with Gasteiger partial charge in [-0.1, -0.05) is 28.9 Å². The predicted octanol–water partition coefficient (Wildman–Crippen LogP) is 3.61. The van der Waals surface area contributed by atoms with Crippen LogP contribution in [-0.2, 0) is 4.79 Å². The van der Waals surface area contributed by atoms with E-state index in [1.807, 2.05) is 12.1 Å².